The number of hydrogen-bond acceptors (Lipinski definition) is 6. The lowest BCUT2D eigenvalue weighted by Crippen LogP contribution is -2.15. The van der Waals surface area contributed by atoms with Gasteiger partial charge in [0.15, 0.2) is 5.84 Å². The zero-order valence-electron chi connectivity index (χ0n) is 14.6. The van der Waals surface area contributed by atoms with Crippen molar-refractivity contribution < 1.29 is 27.5 Å². The molecule has 148 valence electrons. The van der Waals surface area contributed by atoms with Crippen molar-refractivity contribution >= 4 is 11.8 Å². The molecule has 0 amide bonds. The normalized spacial score (nSPS) is 11.8. The fourth-order valence-electron chi connectivity index (χ4n) is 2.10. The van der Waals surface area contributed by atoms with E-state index in [1.54, 1.807) is 6.07 Å². The number of hydrogen-bond donors (Lipinski definition) is 1. The van der Waals surface area contributed by atoms with Gasteiger partial charge in [-0.15, -0.1) is 0 Å². The van der Waals surface area contributed by atoms with Crippen molar-refractivity contribution in [1.82, 2.24) is 9.97 Å². The molecular formula is C19H13F3N4O3. The molecule has 3 rings (SSSR count). The molecule has 0 bridgehead atoms. The fraction of sp³-hybridized carbons (Fsp3) is 0.0526. The molecule has 2 aromatic heterocycles. The smallest absolute Gasteiger partial charge is 0.417 e. The van der Waals surface area contributed by atoms with Crippen LogP contribution in [0.5, 0.6) is 11.6 Å². The summed E-state index contributed by atoms with van der Waals surface area (Å²) < 4.78 is 43.0. The number of carbonyl (C=O) groups excluding carboxylic acids is 1. The van der Waals surface area contributed by atoms with Crippen molar-refractivity contribution in [2.24, 2.45) is 10.9 Å². The van der Waals surface area contributed by atoms with E-state index in [0.717, 1.165) is 12.1 Å². The van der Waals surface area contributed by atoms with Crippen LogP contribution in [0.3, 0.4) is 0 Å². The van der Waals surface area contributed by atoms with Crippen LogP contribution in [0, 0.1) is 0 Å². The summed E-state index contributed by atoms with van der Waals surface area (Å²) in [6, 6.07) is 11.2. The highest BCUT2D eigenvalue weighted by atomic mass is 19.4. The van der Waals surface area contributed by atoms with E-state index in [2.05, 4.69) is 15.1 Å². The summed E-state index contributed by atoms with van der Waals surface area (Å²) >= 11 is 0. The monoisotopic (exact) mass is 402 g/mol. The van der Waals surface area contributed by atoms with Crippen LogP contribution >= 0.6 is 0 Å². The number of ether oxygens (including phenoxy) is 1. The molecule has 0 spiro atoms. The van der Waals surface area contributed by atoms with Gasteiger partial charge in [-0.05, 0) is 42.5 Å². The molecular weight excluding hydrogens is 389 g/mol. The number of nitrogens with zero attached hydrogens (tertiary/aromatic N) is 3. The summed E-state index contributed by atoms with van der Waals surface area (Å²) in [6.45, 7) is 0. The molecule has 0 atom stereocenters. The minimum Gasteiger partial charge on any atom is -0.439 e. The standard InChI is InChI=1S/C19H13F3N4O3/c20-19(21,22)14-5-8-16(25-11-14)28-15-6-3-12(4-7-15)17(23)26-29-18(27)13-2-1-9-24-10-13/h1-11H,(H2,23,26). The van der Waals surface area contributed by atoms with Gasteiger partial charge in [-0.1, -0.05) is 5.16 Å². The van der Waals surface area contributed by atoms with Gasteiger partial charge in [-0.25, -0.2) is 9.78 Å². The molecule has 0 aliphatic heterocycles. The Balaban J connectivity index is 1.62. The van der Waals surface area contributed by atoms with E-state index >= 15 is 0 Å². The first-order valence-electron chi connectivity index (χ1n) is 8.09. The second-order valence-corrected chi connectivity index (χ2v) is 5.61. The third kappa shape index (κ3) is 5.28. The maximum Gasteiger partial charge on any atom is 0.417 e. The van der Waals surface area contributed by atoms with Gasteiger partial charge < -0.3 is 15.3 Å². The zero-order valence-corrected chi connectivity index (χ0v) is 14.6. The lowest BCUT2D eigenvalue weighted by molar-refractivity contribution is -0.137. The van der Waals surface area contributed by atoms with Gasteiger partial charge in [0.2, 0.25) is 5.88 Å². The molecule has 0 aliphatic carbocycles. The van der Waals surface area contributed by atoms with E-state index < -0.39 is 17.7 Å². The van der Waals surface area contributed by atoms with E-state index in [4.69, 9.17) is 15.3 Å². The minimum absolute atomic E-state index is 0.00205. The van der Waals surface area contributed by atoms with Crippen molar-refractivity contribution in [2.75, 3.05) is 0 Å². The maximum absolute atomic E-state index is 12.5. The molecule has 0 aliphatic rings. The average Bonchev–Trinajstić information content (AvgIpc) is 2.72. The summed E-state index contributed by atoms with van der Waals surface area (Å²) in [4.78, 5) is 24.0. The molecule has 0 fully saturated rings. The summed E-state index contributed by atoms with van der Waals surface area (Å²) in [5.41, 5.74) is 5.57. The van der Waals surface area contributed by atoms with E-state index in [-0.39, 0.29) is 17.3 Å². The van der Waals surface area contributed by atoms with E-state index in [9.17, 15) is 18.0 Å². The summed E-state index contributed by atoms with van der Waals surface area (Å²) in [7, 11) is 0. The molecule has 0 saturated heterocycles. The fourth-order valence-corrected chi connectivity index (χ4v) is 2.10. The Morgan fingerprint density at radius 2 is 1.76 bits per heavy atom. The van der Waals surface area contributed by atoms with Crippen molar-refractivity contribution in [3.63, 3.8) is 0 Å². The Hall–Kier alpha value is -3.95. The number of nitrogens with two attached hydrogens (primary N) is 1. The van der Waals surface area contributed by atoms with Crippen LogP contribution in [0.2, 0.25) is 0 Å². The van der Waals surface area contributed by atoms with Crippen LogP contribution in [-0.2, 0) is 11.0 Å². The van der Waals surface area contributed by atoms with Gasteiger partial charge in [0.25, 0.3) is 0 Å². The SMILES string of the molecule is N/C(=N/OC(=O)c1cccnc1)c1ccc(Oc2ccc(C(F)(F)F)cn2)cc1. The first-order chi connectivity index (χ1) is 13.8. The lowest BCUT2D eigenvalue weighted by Gasteiger charge is -2.08. The molecule has 7 nitrogen and oxygen atoms in total. The molecule has 29 heavy (non-hydrogen) atoms. The van der Waals surface area contributed by atoms with Gasteiger partial charge in [-0.2, -0.15) is 13.2 Å². The molecule has 10 heteroatoms. The number of alkyl halides is 3. The van der Waals surface area contributed by atoms with Crippen molar-refractivity contribution in [3.8, 4) is 11.6 Å². The molecule has 2 heterocycles. The number of carbonyl (C=O) groups is 1. The van der Waals surface area contributed by atoms with Gasteiger partial charge in [0.05, 0.1) is 11.1 Å². The Kier molecular flexibility index (Phi) is 5.72. The van der Waals surface area contributed by atoms with Gasteiger partial charge in [-0.3, -0.25) is 4.98 Å². The second-order valence-electron chi connectivity index (χ2n) is 5.61. The molecule has 0 radical (unpaired) electrons. The molecule has 3 aromatic rings. The largest absolute Gasteiger partial charge is 0.439 e. The third-order valence-corrected chi connectivity index (χ3v) is 3.56. The highest BCUT2D eigenvalue weighted by Crippen LogP contribution is 2.30. The topological polar surface area (TPSA) is 99.7 Å². The predicted molar refractivity (Wildman–Crippen MR) is 96.1 cm³/mol. The first kappa shape index (κ1) is 19.8. The Morgan fingerprint density at radius 3 is 2.34 bits per heavy atom. The van der Waals surface area contributed by atoms with Crippen molar-refractivity contribution in [1.29, 1.82) is 0 Å². The summed E-state index contributed by atoms with van der Waals surface area (Å²) in [6.07, 6.45) is -0.941. The van der Waals surface area contributed by atoms with Crippen molar-refractivity contribution in [3.05, 3.63) is 83.8 Å². The third-order valence-electron chi connectivity index (χ3n) is 3.56. The quantitative estimate of drug-likeness (QED) is 0.302. The highest BCUT2D eigenvalue weighted by molar-refractivity contribution is 5.98. The van der Waals surface area contributed by atoms with Gasteiger partial charge in [0.1, 0.15) is 5.75 Å². The predicted octanol–water partition coefficient (Wildman–Crippen LogP) is 3.77. The number of oxime groups is 1. The van der Waals surface area contributed by atoms with Crippen LogP contribution in [0.1, 0.15) is 21.5 Å². The average molecular weight is 402 g/mol. The first-order valence-corrected chi connectivity index (χ1v) is 8.09. The van der Waals surface area contributed by atoms with E-state index in [1.807, 2.05) is 0 Å². The molecule has 2 N–H and O–H groups in total. The number of aromatic nitrogens is 2. The summed E-state index contributed by atoms with van der Waals surface area (Å²) in [5.74, 6) is -0.449. The number of halogens is 3. The van der Waals surface area contributed by atoms with Crippen LogP contribution in [0.15, 0.2) is 72.3 Å². The van der Waals surface area contributed by atoms with Gasteiger partial charge >= 0.3 is 12.1 Å². The van der Waals surface area contributed by atoms with Crippen LogP contribution in [-0.4, -0.2) is 21.8 Å². The molecule has 1 aromatic carbocycles. The number of rotatable bonds is 5. The maximum atomic E-state index is 12.5. The number of amidine groups is 1. The van der Waals surface area contributed by atoms with Crippen molar-refractivity contribution in [2.45, 2.75) is 6.18 Å². The summed E-state index contributed by atoms with van der Waals surface area (Å²) in [5, 5.41) is 3.57. The van der Waals surface area contributed by atoms with Crippen LogP contribution in [0.4, 0.5) is 13.2 Å². The molecule has 0 unspecified atom stereocenters. The minimum atomic E-state index is -4.47. The Labute approximate surface area is 162 Å². The van der Waals surface area contributed by atoms with Crippen LogP contribution in [0.25, 0.3) is 0 Å². The van der Waals surface area contributed by atoms with Gasteiger partial charge in [0, 0.05) is 30.2 Å². The molecule has 0 saturated carbocycles. The lowest BCUT2D eigenvalue weighted by atomic mass is 10.2. The Bertz CT molecular complexity index is 1010. The second kappa shape index (κ2) is 8.38. The Morgan fingerprint density at radius 1 is 1.00 bits per heavy atom. The van der Waals surface area contributed by atoms with E-state index in [0.29, 0.717) is 17.5 Å². The van der Waals surface area contributed by atoms with E-state index in [1.165, 1.54) is 42.7 Å². The zero-order chi connectivity index (χ0) is 20.9. The highest BCUT2D eigenvalue weighted by Gasteiger charge is 2.30. The number of pyridine rings is 2. The van der Waals surface area contributed by atoms with Crippen LogP contribution < -0.4 is 10.5 Å². The number of benzene rings is 1.